The Morgan fingerprint density at radius 3 is 1.30 bits per heavy atom. The lowest BCUT2D eigenvalue weighted by Crippen LogP contribution is -1.93. The lowest BCUT2D eigenvalue weighted by molar-refractivity contribution is 0.627. The predicted octanol–water partition coefficient (Wildman–Crippen LogP) is 15.6. The van der Waals surface area contributed by atoms with Crippen LogP contribution in [0.25, 0.3) is 109 Å². The highest BCUT2D eigenvalue weighted by atomic mass is 19.1. The SMILES string of the molecule is Fc1ccc(-c2ccc3c(-c4cc5ccccc5c5ccccc45)c4cc(-c5ccc(F)cc5)cc(-c5cc6ccccc6c6ccccc56)c4cc3c2)cc1. The molecule has 56 heavy (non-hydrogen) atoms. The Morgan fingerprint density at radius 1 is 0.232 bits per heavy atom. The number of hydrogen-bond donors (Lipinski definition) is 0. The second kappa shape index (κ2) is 12.7. The van der Waals surface area contributed by atoms with Gasteiger partial charge < -0.3 is 0 Å². The van der Waals surface area contributed by atoms with Crippen LogP contribution in [0.15, 0.2) is 194 Å². The van der Waals surface area contributed by atoms with E-state index in [1.165, 1.54) is 55.2 Å². The van der Waals surface area contributed by atoms with Crippen LogP contribution >= 0.6 is 0 Å². The minimum atomic E-state index is -0.262. The van der Waals surface area contributed by atoms with E-state index in [1.807, 2.05) is 24.3 Å². The largest absolute Gasteiger partial charge is 0.207 e. The summed E-state index contributed by atoms with van der Waals surface area (Å²) in [5, 5.41) is 13.9. The first-order chi connectivity index (χ1) is 27.6. The Balaban J connectivity index is 1.34. The minimum Gasteiger partial charge on any atom is -0.207 e. The van der Waals surface area contributed by atoms with Gasteiger partial charge in [-0.3, -0.25) is 0 Å². The van der Waals surface area contributed by atoms with Gasteiger partial charge in [-0.2, -0.15) is 0 Å². The fourth-order valence-electron chi connectivity index (χ4n) is 8.91. The van der Waals surface area contributed by atoms with Crippen LogP contribution in [-0.2, 0) is 0 Å². The lowest BCUT2D eigenvalue weighted by Gasteiger charge is -2.21. The highest BCUT2D eigenvalue weighted by Crippen LogP contribution is 2.48. The molecule has 0 nitrogen and oxygen atoms in total. The lowest BCUT2D eigenvalue weighted by atomic mass is 9.82. The summed E-state index contributed by atoms with van der Waals surface area (Å²) in [6, 6.07) is 66.3. The first-order valence-electron chi connectivity index (χ1n) is 19.0. The van der Waals surface area contributed by atoms with Crippen molar-refractivity contribution in [1.82, 2.24) is 0 Å². The zero-order valence-electron chi connectivity index (χ0n) is 30.2. The first-order valence-corrected chi connectivity index (χ1v) is 19.0. The molecule has 0 amide bonds. The summed E-state index contributed by atoms with van der Waals surface area (Å²) < 4.78 is 28.5. The Labute approximate surface area is 322 Å². The first kappa shape index (κ1) is 32.3. The van der Waals surface area contributed by atoms with Crippen molar-refractivity contribution in [2.24, 2.45) is 0 Å². The molecule has 0 spiro atoms. The Hall–Kier alpha value is -7.16. The maximum Gasteiger partial charge on any atom is 0.123 e. The summed E-state index contributed by atoms with van der Waals surface area (Å²) in [5.74, 6) is -0.517. The summed E-state index contributed by atoms with van der Waals surface area (Å²) in [7, 11) is 0. The summed E-state index contributed by atoms with van der Waals surface area (Å²) in [4.78, 5) is 0. The summed E-state index contributed by atoms with van der Waals surface area (Å²) in [6.45, 7) is 0. The topological polar surface area (TPSA) is 0 Å². The van der Waals surface area contributed by atoms with E-state index in [0.29, 0.717) is 0 Å². The molecule has 0 unspecified atom stereocenters. The highest BCUT2D eigenvalue weighted by Gasteiger charge is 2.20. The normalized spacial score (nSPS) is 11.8. The van der Waals surface area contributed by atoms with Crippen molar-refractivity contribution >= 4 is 64.6 Å². The molecular formula is C54H32F2. The maximum atomic E-state index is 14.4. The molecular weight excluding hydrogens is 687 g/mol. The Morgan fingerprint density at radius 2 is 0.696 bits per heavy atom. The summed E-state index contributed by atoms with van der Waals surface area (Å²) in [5.41, 5.74) is 8.46. The van der Waals surface area contributed by atoms with Crippen LogP contribution < -0.4 is 0 Å². The van der Waals surface area contributed by atoms with Crippen molar-refractivity contribution < 1.29 is 8.78 Å². The second-order valence-corrected chi connectivity index (χ2v) is 14.7. The molecule has 0 aliphatic carbocycles. The molecule has 0 N–H and O–H groups in total. The molecule has 11 aromatic carbocycles. The maximum absolute atomic E-state index is 14.4. The van der Waals surface area contributed by atoms with Crippen LogP contribution in [0.5, 0.6) is 0 Å². The van der Waals surface area contributed by atoms with Crippen molar-refractivity contribution in [2.45, 2.75) is 0 Å². The van der Waals surface area contributed by atoms with Gasteiger partial charge in [-0.05, 0) is 170 Å². The van der Waals surface area contributed by atoms with Gasteiger partial charge in [-0.1, -0.05) is 133 Å². The quantitative estimate of drug-likeness (QED) is 0.126. The number of fused-ring (bicyclic) bond motifs is 8. The average molecular weight is 719 g/mol. The van der Waals surface area contributed by atoms with Crippen LogP contribution in [-0.4, -0.2) is 0 Å². The number of benzene rings is 11. The second-order valence-electron chi connectivity index (χ2n) is 14.7. The van der Waals surface area contributed by atoms with Gasteiger partial charge in [0.15, 0.2) is 0 Å². The van der Waals surface area contributed by atoms with Gasteiger partial charge in [-0.15, -0.1) is 0 Å². The summed E-state index contributed by atoms with van der Waals surface area (Å²) >= 11 is 0. The number of hydrogen-bond acceptors (Lipinski definition) is 0. The predicted molar refractivity (Wildman–Crippen MR) is 233 cm³/mol. The Bertz CT molecular complexity index is 3360. The van der Waals surface area contributed by atoms with E-state index in [0.717, 1.165) is 66.1 Å². The smallest absolute Gasteiger partial charge is 0.123 e. The van der Waals surface area contributed by atoms with Gasteiger partial charge in [0.25, 0.3) is 0 Å². The van der Waals surface area contributed by atoms with E-state index in [2.05, 4.69) is 146 Å². The highest BCUT2D eigenvalue weighted by molar-refractivity contribution is 6.25. The molecule has 0 aliphatic rings. The number of halogens is 2. The van der Waals surface area contributed by atoms with Gasteiger partial charge in [0, 0.05) is 0 Å². The molecule has 262 valence electrons. The van der Waals surface area contributed by atoms with Gasteiger partial charge in [0.1, 0.15) is 11.6 Å². The standard InChI is InChI=1S/C54H32F2/c55-40-22-17-33(18-23-40)35-21-26-44-39(27-35)32-51-50(49-28-36-9-1-3-11-42(36)45-13-5-7-15-47(45)49)30-38(34-19-24-41(56)25-20-34)31-53(51)54(44)52-29-37-10-2-4-12-43(37)46-14-6-8-16-48(46)52/h1-32H. The van der Waals surface area contributed by atoms with Gasteiger partial charge in [0.2, 0.25) is 0 Å². The molecule has 0 bridgehead atoms. The van der Waals surface area contributed by atoms with E-state index in [4.69, 9.17) is 0 Å². The Kier molecular flexibility index (Phi) is 7.33. The van der Waals surface area contributed by atoms with Crippen molar-refractivity contribution in [1.29, 1.82) is 0 Å². The van der Waals surface area contributed by atoms with E-state index < -0.39 is 0 Å². The third kappa shape index (κ3) is 5.18. The minimum absolute atomic E-state index is 0.254. The molecule has 11 rings (SSSR count). The third-order valence-electron chi connectivity index (χ3n) is 11.5. The van der Waals surface area contributed by atoms with Gasteiger partial charge in [-0.25, -0.2) is 8.78 Å². The molecule has 0 aromatic heterocycles. The number of rotatable bonds is 4. The van der Waals surface area contributed by atoms with E-state index in [1.54, 1.807) is 12.1 Å². The fourth-order valence-corrected chi connectivity index (χ4v) is 8.91. The van der Waals surface area contributed by atoms with Crippen molar-refractivity contribution in [3.8, 4) is 44.5 Å². The molecule has 2 heteroatoms. The van der Waals surface area contributed by atoms with Crippen LogP contribution in [0, 0.1) is 11.6 Å². The van der Waals surface area contributed by atoms with Crippen LogP contribution in [0.4, 0.5) is 8.78 Å². The fraction of sp³-hybridized carbons (Fsp3) is 0. The zero-order chi connectivity index (χ0) is 37.3. The van der Waals surface area contributed by atoms with Crippen LogP contribution in [0.3, 0.4) is 0 Å². The van der Waals surface area contributed by atoms with Gasteiger partial charge >= 0.3 is 0 Å². The van der Waals surface area contributed by atoms with E-state index in [-0.39, 0.29) is 11.6 Å². The molecule has 11 aromatic rings. The zero-order valence-corrected chi connectivity index (χ0v) is 30.2. The van der Waals surface area contributed by atoms with Crippen LogP contribution in [0.2, 0.25) is 0 Å². The van der Waals surface area contributed by atoms with Crippen molar-refractivity contribution in [3.63, 3.8) is 0 Å². The molecule has 0 saturated heterocycles. The molecule has 0 fully saturated rings. The van der Waals surface area contributed by atoms with Gasteiger partial charge in [0.05, 0.1) is 0 Å². The van der Waals surface area contributed by atoms with E-state index in [9.17, 15) is 8.78 Å². The monoisotopic (exact) mass is 718 g/mol. The van der Waals surface area contributed by atoms with Crippen molar-refractivity contribution in [3.05, 3.63) is 206 Å². The molecule has 0 heterocycles. The van der Waals surface area contributed by atoms with Crippen molar-refractivity contribution in [2.75, 3.05) is 0 Å². The van der Waals surface area contributed by atoms with E-state index >= 15 is 0 Å². The molecule has 0 saturated carbocycles. The average Bonchev–Trinajstić information content (AvgIpc) is 3.25. The van der Waals surface area contributed by atoms with Crippen LogP contribution in [0.1, 0.15) is 0 Å². The summed E-state index contributed by atoms with van der Waals surface area (Å²) in [6.07, 6.45) is 0. The molecule has 0 atom stereocenters. The molecule has 0 radical (unpaired) electrons. The molecule has 0 aliphatic heterocycles. The third-order valence-corrected chi connectivity index (χ3v) is 11.5.